The average Bonchev–Trinajstić information content (AvgIpc) is 3.26. The van der Waals surface area contributed by atoms with Gasteiger partial charge in [-0.15, -0.1) is 0 Å². The molecule has 3 aromatic rings. The Labute approximate surface area is 177 Å². The maximum absolute atomic E-state index is 14.0. The van der Waals surface area contributed by atoms with E-state index in [2.05, 4.69) is 20.5 Å². The number of carbonyl (C=O) groups is 2. The summed E-state index contributed by atoms with van der Waals surface area (Å²) in [5.41, 5.74) is 1.64. The highest BCUT2D eigenvalue weighted by atomic mass is 35.5. The van der Waals surface area contributed by atoms with Gasteiger partial charge in [0.25, 0.3) is 5.91 Å². The number of amides is 2. The fourth-order valence-electron chi connectivity index (χ4n) is 3.45. The van der Waals surface area contributed by atoms with Crippen molar-refractivity contribution in [3.63, 3.8) is 0 Å². The summed E-state index contributed by atoms with van der Waals surface area (Å²) >= 11 is 5.75. The van der Waals surface area contributed by atoms with Crippen LogP contribution in [0.2, 0.25) is 5.02 Å². The number of benzene rings is 1. The van der Waals surface area contributed by atoms with E-state index in [0.29, 0.717) is 36.5 Å². The quantitative estimate of drug-likeness (QED) is 0.663. The number of hydrogen-bond acceptors (Lipinski definition) is 4. The summed E-state index contributed by atoms with van der Waals surface area (Å²) in [7, 11) is 0. The summed E-state index contributed by atoms with van der Waals surface area (Å²) < 4.78 is 14.0. The lowest BCUT2D eigenvalue weighted by atomic mass is 9.96. The monoisotopic (exact) mass is 427 g/mol. The molecule has 7 nitrogen and oxygen atoms in total. The number of pyridine rings is 1. The number of H-pyrrole nitrogens is 1. The standard InChI is InChI=1S/C21H19ClFN5O2/c22-14-6-7-16(15(23)10-14)25-20(29)13-4-3-9-28(12-13)21(30)19-11-18(26-27-19)17-5-1-2-8-24-17/h1-2,5-8,10-11,13H,3-4,9,12H2,(H,25,29)(H,26,27)/t13-/m0/s1. The molecule has 1 atom stereocenters. The first-order valence-electron chi connectivity index (χ1n) is 9.53. The van der Waals surface area contributed by atoms with E-state index in [1.807, 2.05) is 12.1 Å². The molecule has 1 fully saturated rings. The summed E-state index contributed by atoms with van der Waals surface area (Å²) in [6.45, 7) is 0.785. The van der Waals surface area contributed by atoms with Crippen molar-refractivity contribution in [3.05, 3.63) is 65.2 Å². The van der Waals surface area contributed by atoms with Crippen molar-refractivity contribution in [2.24, 2.45) is 5.92 Å². The molecule has 30 heavy (non-hydrogen) atoms. The average molecular weight is 428 g/mol. The number of hydrogen-bond donors (Lipinski definition) is 2. The van der Waals surface area contributed by atoms with Crippen LogP contribution in [0.4, 0.5) is 10.1 Å². The van der Waals surface area contributed by atoms with Crippen LogP contribution < -0.4 is 5.32 Å². The van der Waals surface area contributed by atoms with E-state index in [-0.39, 0.29) is 29.1 Å². The Morgan fingerprint density at radius 1 is 1.20 bits per heavy atom. The largest absolute Gasteiger partial charge is 0.337 e. The molecule has 154 valence electrons. The van der Waals surface area contributed by atoms with Crippen molar-refractivity contribution in [2.45, 2.75) is 12.8 Å². The van der Waals surface area contributed by atoms with Crippen molar-refractivity contribution >= 4 is 29.1 Å². The molecular weight excluding hydrogens is 409 g/mol. The molecule has 3 heterocycles. The summed E-state index contributed by atoms with van der Waals surface area (Å²) in [4.78, 5) is 31.3. The first-order valence-corrected chi connectivity index (χ1v) is 9.91. The second-order valence-corrected chi connectivity index (χ2v) is 7.52. The van der Waals surface area contributed by atoms with Gasteiger partial charge in [-0.05, 0) is 49.2 Å². The zero-order valence-electron chi connectivity index (χ0n) is 15.9. The van der Waals surface area contributed by atoms with E-state index in [9.17, 15) is 14.0 Å². The third kappa shape index (κ3) is 4.33. The smallest absolute Gasteiger partial charge is 0.271 e. The van der Waals surface area contributed by atoms with Crippen LogP contribution in [0.25, 0.3) is 11.4 Å². The molecule has 0 bridgehead atoms. The number of likely N-dealkylation sites (tertiary alicyclic amines) is 1. The molecule has 0 saturated carbocycles. The third-order valence-corrected chi connectivity index (χ3v) is 5.24. The molecular formula is C21H19ClFN5O2. The van der Waals surface area contributed by atoms with Crippen LogP contribution in [0.5, 0.6) is 0 Å². The van der Waals surface area contributed by atoms with Gasteiger partial charge in [-0.3, -0.25) is 19.7 Å². The molecule has 9 heteroatoms. The maximum Gasteiger partial charge on any atom is 0.271 e. The summed E-state index contributed by atoms with van der Waals surface area (Å²) in [5.74, 6) is -1.59. The topological polar surface area (TPSA) is 91.0 Å². The van der Waals surface area contributed by atoms with Gasteiger partial charge in [0.05, 0.1) is 17.3 Å². The minimum absolute atomic E-state index is 0.0708. The number of halogens is 2. The van der Waals surface area contributed by atoms with Crippen LogP contribution in [-0.2, 0) is 4.79 Å². The number of piperidine rings is 1. The number of aromatic nitrogens is 3. The molecule has 0 unspecified atom stereocenters. The van der Waals surface area contributed by atoms with Gasteiger partial charge in [0.15, 0.2) is 0 Å². The van der Waals surface area contributed by atoms with Crippen LogP contribution in [0, 0.1) is 11.7 Å². The zero-order valence-corrected chi connectivity index (χ0v) is 16.7. The van der Waals surface area contributed by atoms with E-state index in [1.54, 1.807) is 23.2 Å². The van der Waals surface area contributed by atoms with Crippen molar-refractivity contribution in [3.8, 4) is 11.4 Å². The molecule has 2 aromatic heterocycles. The molecule has 0 aliphatic carbocycles. The highest BCUT2D eigenvalue weighted by Gasteiger charge is 2.30. The minimum atomic E-state index is -0.598. The predicted molar refractivity (Wildman–Crippen MR) is 110 cm³/mol. The number of nitrogens with one attached hydrogen (secondary N) is 2. The van der Waals surface area contributed by atoms with Crippen molar-refractivity contribution in [1.29, 1.82) is 0 Å². The van der Waals surface area contributed by atoms with E-state index < -0.39 is 11.7 Å². The lowest BCUT2D eigenvalue weighted by Crippen LogP contribution is -2.44. The second-order valence-electron chi connectivity index (χ2n) is 7.09. The predicted octanol–water partition coefficient (Wildman–Crippen LogP) is 3.76. The fourth-order valence-corrected chi connectivity index (χ4v) is 3.61. The fraction of sp³-hybridized carbons (Fsp3) is 0.238. The minimum Gasteiger partial charge on any atom is -0.337 e. The van der Waals surface area contributed by atoms with Gasteiger partial charge in [0.2, 0.25) is 5.91 Å². The molecule has 1 aliphatic rings. The second kappa shape index (κ2) is 8.62. The molecule has 4 rings (SSSR count). The van der Waals surface area contributed by atoms with Crippen molar-refractivity contribution in [2.75, 3.05) is 18.4 Å². The van der Waals surface area contributed by atoms with E-state index in [4.69, 9.17) is 11.6 Å². The van der Waals surface area contributed by atoms with Crippen LogP contribution >= 0.6 is 11.6 Å². The number of rotatable bonds is 4. The van der Waals surface area contributed by atoms with Gasteiger partial charge >= 0.3 is 0 Å². The molecule has 0 radical (unpaired) electrons. The van der Waals surface area contributed by atoms with Crippen LogP contribution in [-0.4, -0.2) is 45.0 Å². The Morgan fingerprint density at radius 2 is 2.07 bits per heavy atom. The molecule has 1 saturated heterocycles. The van der Waals surface area contributed by atoms with Gasteiger partial charge in [-0.1, -0.05) is 17.7 Å². The van der Waals surface area contributed by atoms with Gasteiger partial charge in [-0.2, -0.15) is 5.10 Å². The Hall–Kier alpha value is -3.26. The molecule has 0 spiro atoms. The zero-order chi connectivity index (χ0) is 21.1. The van der Waals surface area contributed by atoms with Crippen molar-refractivity contribution < 1.29 is 14.0 Å². The Balaban J connectivity index is 1.43. The van der Waals surface area contributed by atoms with Crippen LogP contribution in [0.1, 0.15) is 23.3 Å². The SMILES string of the molecule is O=C(Nc1ccc(Cl)cc1F)[C@H]1CCCN(C(=O)c2cc(-c3ccccn3)n[nH]2)C1. The molecule has 2 N–H and O–H groups in total. The number of aromatic amines is 1. The number of nitrogens with zero attached hydrogens (tertiary/aromatic N) is 3. The summed E-state index contributed by atoms with van der Waals surface area (Å²) in [6, 6.07) is 11.2. The maximum atomic E-state index is 14.0. The highest BCUT2D eigenvalue weighted by Crippen LogP contribution is 2.24. The highest BCUT2D eigenvalue weighted by molar-refractivity contribution is 6.30. The van der Waals surface area contributed by atoms with Crippen LogP contribution in [0.15, 0.2) is 48.7 Å². The van der Waals surface area contributed by atoms with Gasteiger partial charge in [-0.25, -0.2) is 4.39 Å². The van der Waals surface area contributed by atoms with Crippen molar-refractivity contribution in [1.82, 2.24) is 20.1 Å². The summed E-state index contributed by atoms with van der Waals surface area (Å²) in [5, 5.41) is 9.76. The van der Waals surface area contributed by atoms with Crippen LogP contribution in [0.3, 0.4) is 0 Å². The van der Waals surface area contributed by atoms with E-state index >= 15 is 0 Å². The van der Waals surface area contributed by atoms with E-state index in [0.717, 1.165) is 6.07 Å². The van der Waals surface area contributed by atoms with E-state index in [1.165, 1.54) is 12.1 Å². The Bertz CT molecular complexity index is 1070. The van der Waals surface area contributed by atoms with Gasteiger partial charge < -0.3 is 10.2 Å². The third-order valence-electron chi connectivity index (χ3n) is 5.00. The Morgan fingerprint density at radius 3 is 2.83 bits per heavy atom. The number of carbonyl (C=O) groups excluding carboxylic acids is 2. The van der Waals surface area contributed by atoms with Gasteiger partial charge in [0, 0.05) is 24.3 Å². The Kier molecular flexibility index (Phi) is 5.76. The normalized spacial score (nSPS) is 16.3. The first kappa shape index (κ1) is 20.0. The van der Waals surface area contributed by atoms with Gasteiger partial charge in [0.1, 0.15) is 17.2 Å². The lowest BCUT2D eigenvalue weighted by Gasteiger charge is -2.31. The first-order chi connectivity index (χ1) is 14.5. The summed E-state index contributed by atoms with van der Waals surface area (Å²) in [6.07, 6.45) is 2.95. The molecule has 1 aromatic carbocycles. The molecule has 2 amide bonds. The lowest BCUT2D eigenvalue weighted by molar-refractivity contribution is -0.121. The molecule has 1 aliphatic heterocycles. The number of anilines is 1.